The summed E-state index contributed by atoms with van der Waals surface area (Å²) in [4.78, 5) is 11.6. The molecule has 19 heavy (non-hydrogen) atoms. The van der Waals surface area contributed by atoms with E-state index < -0.39 is 0 Å². The van der Waals surface area contributed by atoms with Crippen LogP contribution in [0.3, 0.4) is 0 Å². The number of amides is 2. The van der Waals surface area contributed by atoms with E-state index in [4.69, 9.17) is 16.1 Å². The van der Waals surface area contributed by atoms with Gasteiger partial charge in [0.2, 0.25) is 0 Å². The molecule has 1 aromatic carbocycles. The zero-order chi connectivity index (χ0) is 13.7. The summed E-state index contributed by atoms with van der Waals surface area (Å²) in [6, 6.07) is 8.87. The van der Waals surface area contributed by atoms with Crippen LogP contribution in [-0.2, 0) is 13.1 Å². The van der Waals surface area contributed by atoms with Gasteiger partial charge in [-0.15, -0.1) is 0 Å². The van der Waals surface area contributed by atoms with Gasteiger partial charge >= 0.3 is 6.03 Å². The van der Waals surface area contributed by atoms with Gasteiger partial charge in [0.25, 0.3) is 0 Å². The molecule has 0 radical (unpaired) electrons. The highest BCUT2D eigenvalue weighted by Gasteiger charge is 2.05. The van der Waals surface area contributed by atoms with E-state index in [-0.39, 0.29) is 6.03 Å². The van der Waals surface area contributed by atoms with E-state index in [0.717, 1.165) is 5.56 Å². The molecule has 5 nitrogen and oxygen atoms in total. The first kappa shape index (κ1) is 13.4. The SMILES string of the molecule is Cc1cc(CNC(=O)NCc2ccccc2Cl)no1. The number of carbonyl (C=O) groups is 1. The van der Waals surface area contributed by atoms with Crippen molar-refractivity contribution in [1.29, 1.82) is 0 Å². The van der Waals surface area contributed by atoms with Crippen LogP contribution in [0.1, 0.15) is 17.0 Å². The Hall–Kier alpha value is -2.01. The predicted molar refractivity (Wildman–Crippen MR) is 71.8 cm³/mol. The lowest BCUT2D eigenvalue weighted by molar-refractivity contribution is 0.240. The number of benzene rings is 1. The van der Waals surface area contributed by atoms with Crippen molar-refractivity contribution in [3.8, 4) is 0 Å². The molecule has 2 rings (SSSR count). The minimum Gasteiger partial charge on any atom is -0.361 e. The molecule has 1 aromatic heterocycles. The molecule has 0 unspecified atom stereocenters. The third kappa shape index (κ3) is 3.99. The van der Waals surface area contributed by atoms with Crippen LogP contribution in [-0.4, -0.2) is 11.2 Å². The lowest BCUT2D eigenvalue weighted by Gasteiger charge is -2.07. The summed E-state index contributed by atoms with van der Waals surface area (Å²) in [5.41, 5.74) is 1.56. The predicted octanol–water partition coefficient (Wildman–Crippen LogP) is 2.64. The van der Waals surface area contributed by atoms with Crippen molar-refractivity contribution in [2.75, 3.05) is 0 Å². The second-order valence-electron chi connectivity index (χ2n) is 4.06. The van der Waals surface area contributed by atoms with Crippen molar-refractivity contribution in [2.24, 2.45) is 0 Å². The minimum absolute atomic E-state index is 0.277. The Morgan fingerprint density at radius 1 is 1.32 bits per heavy atom. The van der Waals surface area contributed by atoms with Gasteiger partial charge in [0.15, 0.2) is 0 Å². The number of rotatable bonds is 4. The summed E-state index contributed by atoms with van der Waals surface area (Å²) in [5, 5.41) is 9.83. The van der Waals surface area contributed by atoms with Gasteiger partial charge in [-0.05, 0) is 18.6 Å². The van der Waals surface area contributed by atoms with Gasteiger partial charge in [0.1, 0.15) is 11.5 Å². The summed E-state index contributed by atoms with van der Waals surface area (Å²) in [5.74, 6) is 0.716. The topological polar surface area (TPSA) is 67.2 Å². The number of halogens is 1. The van der Waals surface area contributed by atoms with Gasteiger partial charge in [-0.1, -0.05) is 35.0 Å². The fourth-order valence-corrected chi connectivity index (χ4v) is 1.75. The lowest BCUT2D eigenvalue weighted by Crippen LogP contribution is -2.34. The Morgan fingerprint density at radius 3 is 2.74 bits per heavy atom. The van der Waals surface area contributed by atoms with Crippen molar-refractivity contribution in [2.45, 2.75) is 20.0 Å². The van der Waals surface area contributed by atoms with Gasteiger partial charge in [-0.25, -0.2) is 4.79 Å². The molecule has 0 spiro atoms. The molecule has 100 valence electrons. The maximum Gasteiger partial charge on any atom is 0.315 e. The first-order chi connectivity index (χ1) is 9.15. The molecule has 2 N–H and O–H groups in total. The minimum atomic E-state index is -0.277. The summed E-state index contributed by atoms with van der Waals surface area (Å²) >= 11 is 5.99. The van der Waals surface area contributed by atoms with Crippen LogP contribution < -0.4 is 10.6 Å². The highest BCUT2D eigenvalue weighted by atomic mass is 35.5. The van der Waals surface area contributed by atoms with Crippen LogP contribution in [0.15, 0.2) is 34.9 Å². The van der Waals surface area contributed by atoms with Gasteiger partial charge in [-0.2, -0.15) is 0 Å². The molecule has 0 atom stereocenters. The molecular weight excluding hydrogens is 266 g/mol. The van der Waals surface area contributed by atoms with Crippen LogP contribution in [0.25, 0.3) is 0 Å². The molecule has 0 aliphatic carbocycles. The molecule has 2 amide bonds. The normalized spacial score (nSPS) is 10.2. The van der Waals surface area contributed by atoms with E-state index in [1.165, 1.54) is 0 Å². The number of nitrogens with one attached hydrogen (secondary N) is 2. The summed E-state index contributed by atoms with van der Waals surface area (Å²) in [6.07, 6.45) is 0. The number of aryl methyl sites for hydroxylation is 1. The number of urea groups is 1. The van der Waals surface area contributed by atoms with E-state index in [1.807, 2.05) is 18.2 Å². The molecule has 2 aromatic rings. The summed E-state index contributed by atoms with van der Waals surface area (Å²) in [6.45, 7) is 2.50. The Morgan fingerprint density at radius 2 is 2.05 bits per heavy atom. The smallest absolute Gasteiger partial charge is 0.315 e. The van der Waals surface area contributed by atoms with E-state index >= 15 is 0 Å². The first-order valence-corrected chi connectivity index (χ1v) is 6.20. The van der Waals surface area contributed by atoms with Crippen LogP contribution in [0, 0.1) is 6.92 Å². The number of hydrogen-bond donors (Lipinski definition) is 2. The highest BCUT2D eigenvalue weighted by Crippen LogP contribution is 2.14. The molecule has 6 heteroatoms. The van der Waals surface area contributed by atoms with E-state index in [9.17, 15) is 4.79 Å². The van der Waals surface area contributed by atoms with Crippen molar-refractivity contribution in [3.63, 3.8) is 0 Å². The Balaban J connectivity index is 1.77. The number of hydrogen-bond acceptors (Lipinski definition) is 3. The maximum absolute atomic E-state index is 11.6. The largest absolute Gasteiger partial charge is 0.361 e. The molecule has 0 saturated carbocycles. The first-order valence-electron chi connectivity index (χ1n) is 5.82. The van der Waals surface area contributed by atoms with Crippen LogP contribution in [0.5, 0.6) is 0 Å². The fraction of sp³-hybridized carbons (Fsp3) is 0.231. The Labute approximate surface area is 115 Å². The van der Waals surface area contributed by atoms with Crippen LogP contribution >= 0.6 is 11.6 Å². The molecule has 0 aliphatic rings. The van der Waals surface area contributed by atoms with Gasteiger partial charge < -0.3 is 15.2 Å². The quantitative estimate of drug-likeness (QED) is 0.904. The number of carbonyl (C=O) groups excluding carboxylic acids is 1. The second kappa shape index (κ2) is 6.24. The summed E-state index contributed by atoms with van der Waals surface area (Å²) in [7, 11) is 0. The maximum atomic E-state index is 11.6. The fourth-order valence-electron chi connectivity index (χ4n) is 1.55. The van der Waals surface area contributed by atoms with Crippen LogP contribution in [0.4, 0.5) is 4.79 Å². The van der Waals surface area contributed by atoms with Crippen molar-refractivity contribution in [1.82, 2.24) is 15.8 Å². The van der Waals surface area contributed by atoms with E-state index in [0.29, 0.717) is 29.6 Å². The van der Waals surface area contributed by atoms with E-state index in [1.54, 1.807) is 19.1 Å². The zero-order valence-corrected chi connectivity index (χ0v) is 11.2. The molecule has 0 fully saturated rings. The molecule has 1 heterocycles. The third-order valence-corrected chi connectivity index (χ3v) is 2.87. The average Bonchev–Trinajstić information content (AvgIpc) is 2.81. The standard InChI is InChI=1S/C13H14ClN3O2/c1-9-6-11(17-19-9)8-16-13(18)15-7-10-4-2-3-5-12(10)14/h2-6H,7-8H2,1H3,(H2,15,16,18). The molecule has 0 saturated heterocycles. The van der Waals surface area contributed by atoms with Crippen molar-refractivity contribution >= 4 is 17.6 Å². The second-order valence-corrected chi connectivity index (χ2v) is 4.46. The number of nitrogens with zero attached hydrogens (tertiary/aromatic N) is 1. The van der Waals surface area contributed by atoms with E-state index in [2.05, 4.69) is 15.8 Å². The monoisotopic (exact) mass is 279 g/mol. The average molecular weight is 280 g/mol. The van der Waals surface area contributed by atoms with Crippen molar-refractivity contribution in [3.05, 3.63) is 52.4 Å². The van der Waals surface area contributed by atoms with Gasteiger partial charge in [0.05, 0.1) is 6.54 Å². The zero-order valence-electron chi connectivity index (χ0n) is 10.4. The lowest BCUT2D eigenvalue weighted by atomic mass is 10.2. The highest BCUT2D eigenvalue weighted by molar-refractivity contribution is 6.31. The van der Waals surface area contributed by atoms with Crippen LogP contribution in [0.2, 0.25) is 5.02 Å². The molecular formula is C13H14ClN3O2. The van der Waals surface area contributed by atoms with Gasteiger partial charge in [-0.3, -0.25) is 0 Å². The third-order valence-electron chi connectivity index (χ3n) is 2.50. The van der Waals surface area contributed by atoms with Crippen molar-refractivity contribution < 1.29 is 9.32 Å². The number of aromatic nitrogens is 1. The van der Waals surface area contributed by atoms with Gasteiger partial charge in [0, 0.05) is 17.6 Å². The Bertz CT molecular complexity index is 569. The molecule has 0 aliphatic heterocycles. The Kier molecular flexibility index (Phi) is 4.41. The summed E-state index contributed by atoms with van der Waals surface area (Å²) < 4.78 is 4.90. The molecule has 0 bridgehead atoms.